The standard InChI is InChI=1S/C5H5.3CH3O.Zr/c1-2-4-5-3-1;3*1-2;/h1-5H;3*1H3;/q;3*-1;+3. The first kappa shape index (κ1) is 10.3. The minimum atomic E-state index is -3.22. The molecule has 0 aromatic carbocycles. The van der Waals surface area contributed by atoms with Gasteiger partial charge in [-0.25, -0.2) is 0 Å². The van der Waals surface area contributed by atoms with Crippen LogP contribution in [0.1, 0.15) is 0 Å². The molecular formula is C8H14O3Zr. The molecule has 0 saturated carbocycles. The van der Waals surface area contributed by atoms with E-state index in [1.807, 2.05) is 12.2 Å². The summed E-state index contributed by atoms with van der Waals surface area (Å²) >= 11 is -3.22. The van der Waals surface area contributed by atoms with Crippen molar-refractivity contribution in [2.75, 3.05) is 21.3 Å². The molecule has 12 heavy (non-hydrogen) atoms. The van der Waals surface area contributed by atoms with E-state index in [9.17, 15) is 0 Å². The Bertz CT molecular complexity index is 176. The van der Waals surface area contributed by atoms with Crippen molar-refractivity contribution < 1.29 is 30.0 Å². The second kappa shape index (κ2) is 4.47. The summed E-state index contributed by atoms with van der Waals surface area (Å²) in [5.41, 5.74) is 0. The van der Waals surface area contributed by atoms with Crippen LogP contribution in [-0.4, -0.2) is 21.3 Å². The van der Waals surface area contributed by atoms with Crippen LogP contribution in [0.15, 0.2) is 24.3 Å². The summed E-state index contributed by atoms with van der Waals surface area (Å²) in [7, 11) is 4.97. The van der Waals surface area contributed by atoms with Crippen LogP contribution in [0.5, 0.6) is 0 Å². The fourth-order valence-electron chi connectivity index (χ4n) is 1.33. The summed E-state index contributed by atoms with van der Waals surface area (Å²) in [4.78, 5) is 0. The van der Waals surface area contributed by atoms with Crippen molar-refractivity contribution in [1.29, 1.82) is 0 Å². The van der Waals surface area contributed by atoms with Gasteiger partial charge in [0.05, 0.1) is 0 Å². The Morgan fingerprint density at radius 1 is 0.917 bits per heavy atom. The second-order valence-electron chi connectivity index (χ2n) is 2.51. The third-order valence-electron chi connectivity index (χ3n) is 2.01. The van der Waals surface area contributed by atoms with E-state index < -0.39 is 21.6 Å². The van der Waals surface area contributed by atoms with Crippen LogP contribution in [0, 0.1) is 0 Å². The average molecular weight is 249 g/mol. The zero-order valence-corrected chi connectivity index (χ0v) is 10.1. The third-order valence-corrected chi connectivity index (χ3v) is 9.16. The van der Waals surface area contributed by atoms with Crippen LogP contribution in [0.3, 0.4) is 0 Å². The number of allylic oxidation sites excluding steroid dienone is 4. The first-order valence-corrected chi connectivity index (χ1v) is 8.22. The van der Waals surface area contributed by atoms with Crippen molar-refractivity contribution in [3.8, 4) is 0 Å². The van der Waals surface area contributed by atoms with Crippen LogP contribution in [0.4, 0.5) is 0 Å². The summed E-state index contributed by atoms with van der Waals surface area (Å²) in [5, 5.41) is 0. The topological polar surface area (TPSA) is 27.7 Å². The van der Waals surface area contributed by atoms with Crippen molar-refractivity contribution in [1.82, 2.24) is 0 Å². The predicted molar refractivity (Wildman–Crippen MR) is 43.1 cm³/mol. The Morgan fingerprint density at radius 2 is 1.33 bits per heavy atom. The number of hydrogen-bond acceptors (Lipinski definition) is 3. The Hall–Kier alpha value is 0.243. The van der Waals surface area contributed by atoms with Crippen molar-refractivity contribution in [2.45, 2.75) is 3.63 Å². The Labute approximate surface area is 79.3 Å². The summed E-state index contributed by atoms with van der Waals surface area (Å²) in [6, 6.07) is 0. The van der Waals surface area contributed by atoms with Gasteiger partial charge in [0.15, 0.2) is 0 Å². The van der Waals surface area contributed by atoms with Gasteiger partial charge in [0.25, 0.3) is 0 Å². The fourth-order valence-corrected chi connectivity index (χ4v) is 6.27. The van der Waals surface area contributed by atoms with E-state index in [2.05, 4.69) is 12.2 Å². The molecule has 1 aliphatic carbocycles. The molecule has 0 bridgehead atoms. The van der Waals surface area contributed by atoms with Crippen LogP contribution in [0.2, 0.25) is 3.63 Å². The average Bonchev–Trinajstić information content (AvgIpc) is 2.62. The Morgan fingerprint density at radius 3 is 1.67 bits per heavy atom. The summed E-state index contributed by atoms with van der Waals surface area (Å²) in [5.74, 6) is 0. The molecule has 0 heterocycles. The van der Waals surface area contributed by atoms with E-state index in [4.69, 9.17) is 8.44 Å². The molecule has 0 N–H and O–H groups in total. The fraction of sp³-hybridized carbons (Fsp3) is 0.500. The van der Waals surface area contributed by atoms with E-state index in [0.29, 0.717) is 0 Å². The monoisotopic (exact) mass is 248 g/mol. The van der Waals surface area contributed by atoms with Crippen molar-refractivity contribution >= 4 is 0 Å². The van der Waals surface area contributed by atoms with E-state index in [-0.39, 0.29) is 3.63 Å². The quantitative estimate of drug-likeness (QED) is 0.759. The molecule has 0 spiro atoms. The molecule has 0 radical (unpaired) electrons. The number of hydrogen-bond donors (Lipinski definition) is 0. The van der Waals surface area contributed by atoms with E-state index >= 15 is 0 Å². The Balaban J connectivity index is 2.76. The molecule has 1 rings (SSSR count). The van der Waals surface area contributed by atoms with Gasteiger partial charge in [0.2, 0.25) is 0 Å². The van der Waals surface area contributed by atoms with Crippen LogP contribution >= 0.6 is 0 Å². The SMILES string of the molecule is C[O][Zr]([O]C)([O]C)[CH]1C=CC=C1. The van der Waals surface area contributed by atoms with Gasteiger partial charge in [0, 0.05) is 0 Å². The molecule has 1 aliphatic rings. The van der Waals surface area contributed by atoms with Gasteiger partial charge in [-0.2, -0.15) is 0 Å². The summed E-state index contributed by atoms with van der Waals surface area (Å²) < 4.78 is 16.4. The molecule has 0 aromatic rings. The van der Waals surface area contributed by atoms with Crippen molar-refractivity contribution in [2.24, 2.45) is 0 Å². The zero-order chi connectivity index (χ0) is 9.03. The predicted octanol–water partition coefficient (Wildman–Crippen LogP) is 1.74. The molecule has 0 saturated heterocycles. The molecule has 0 unspecified atom stereocenters. The van der Waals surface area contributed by atoms with Crippen LogP contribution in [-0.2, 0) is 30.0 Å². The molecule has 0 amide bonds. The van der Waals surface area contributed by atoms with E-state index in [0.717, 1.165) is 0 Å². The zero-order valence-electron chi connectivity index (χ0n) is 7.61. The number of rotatable bonds is 4. The van der Waals surface area contributed by atoms with E-state index in [1.54, 1.807) is 21.3 Å². The first-order chi connectivity index (χ1) is 5.79. The molecule has 3 nitrogen and oxygen atoms in total. The minimum absolute atomic E-state index is 0.235. The first-order valence-electron chi connectivity index (χ1n) is 3.79. The maximum absolute atomic E-state index is 5.38. The Kier molecular flexibility index (Phi) is 3.85. The van der Waals surface area contributed by atoms with Crippen molar-refractivity contribution in [3.05, 3.63) is 24.3 Å². The van der Waals surface area contributed by atoms with Gasteiger partial charge in [-0.1, -0.05) is 0 Å². The third kappa shape index (κ3) is 1.77. The molecular weight excluding hydrogens is 235 g/mol. The molecule has 68 valence electrons. The van der Waals surface area contributed by atoms with Crippen LogP contribution < -0.4 is 0 Å². The second-order valence-corrected chi connectivity index (χ2v) is 10.1. The molecule has 0 aliphatic heterocycles. The van der Waals surface area contributed by atoms with Gasteiger partial charge in [-0.05, 0) is 0 Å². The maximum atomic E-state index is 5.38. The molecule has 0 aromatic heterocycles. The molecule has 0 atom stereocenters. The molecule has 4 heteroatoms. The van der Waals surface area contributed by atoms with Gasteiger partial charge in [-0.15, -0.1) is 0 Å². The van der Waals surface area contributed by atoms with E-state index in [1.165, 1.54) is 0 Å². The summed E-state index contributed by atoms with van der Waals surface area (Å²) in [6.45, 7) is 0. The molecule has 0 fully saturated rings. The van der Waals surface area contributed by atoms with Gasteiger partial charge < -0.3 is 0 Å². The van der Waals surface area contributed by atoms with Gasteiger partial charge >= 0.3 is 79.3 Å². The van der Waals surface area contributed by atoms with Gasteiger partial charge in [0.1, 0.15) is 0 Å². The van der Waals surface area contributed by atoms with Crippen molar-refractivity contribution in [3.63, 3.8) is 0 Å². The van der Waals surface area contributed by atoms with Gasteiger partial charge in [-0.3, -0.25) is 0 Å². The normalized spacial score (nSPS) is 17.6. The summed E-state index contributed by atoms with van der Waals surface area (Å²) in [6.07, 6.45) is 8.11. The van der Waals surface area contributed by atoms with Crippen LogP contribution in [0.25, 0.3) is 0 Å².